The van der Waals surface area contributed by atoms with Crippen molar-refractivity contribution >= 4 is 22.8 Å². The Kier molecular flexibility index (Phi) is 9.15. The Morgan fingerprint density at radius 2 is 2.00 bits per heavy atom. The summed E-state index contributed by atoms with van der Waals surface area (Å²) >= 11 is 0. The van der Waals surface area contributed by atoms with Crippen LogP contribution in [0.2, 0.25) is 0 Å². The van der Waals surface area contributed by atoms with Crippen LogP contribution < -0.4 is 5.32 Å². The molecule has 0 saturated carbocycles. The van der Waals surface area contributed by atoms with Gasteiger partial charge >= 0.3 is 0 Å². The average molecular weight is 550 g/mol. The number of aliphatic hydroxyl groups excluding tert-OH is 3. The Bertz CT molecular complexity index is 1400. The summed E-state index contributed by atoms with van der Waals surface area (Å²) in [5, 5.41) is 40.6. The van der Waals surface area contributed by atoms with Gasteiger partial charge in [0.25, 0.3) is 0 Å². The van der Waals surface area contributed by atoms with E-state index in [4.69, 9.17) is 4.74 Å². The monoisotopic (exact) mass is 549 g/mol. The zero-order valence-electron chi connectivity index (χ0n) is 23.7. The SMILES string of the molecule is CC1=C(/C=C/C(C)=C/C=C/C(C)=C/C(=O)Nc2cnnc3c2ncn3[C@@H]2O[C@H](CO)[C@@H](O)[C@@H]2O)C(C)(C)CCC1. The van der Waals surface area contributed by atoms with E-state index in [1.54, 1.807) is 0 Å². The summed E-state index contributed by atoms with van der Waals surface area (Å²) in [6, 6.07) is 0. The van der Waals surface area contributed by atoms with Gasteiger partial charge in [-0.25, -0.2) is 4.98 Å². The van der Waals surface area contributed by atoms with Crippen LogP contribution in [0.1, 0.15) is 60.1 Å². The van der Waals surface area contributed by atoms with Crippen molar-refractivity contribution in [2.45, 2.75) is 78.4 Å². The Labute approximate surface area is 234 Å². The molecule has 4 atom stereocenters. The molecule has 3 heterocycles. The van der Waals surface area contributed by atoms with E-state index in [1.807, 2.05) is 25.2 Å². The zero-order chi connectivity index (χ0) is 29.0. The summed E-state index contributed by atoms with van der Waals surface area (Å²) in [4.78, 5) is 17.0. The molecule has 2 aliphatic rings. The molecule has 0 spiro atoms. The highest BCUT2D eigenvalue weighted by Gasteiger charge is 2.44. The van der Waals surface area contributed by atoms with E-state index in [-0.39, 0.29) is 17.0 Å². The molecule has 0 aromatic carbocycles. The van der Waals surface area contributed by atoms with Crippen molar-refractivity contribution in [2.24, 2.45) is 5.41 Å². The van der Waals surface area contributed by atoms with E-state index in [1.165, 1.54) is 47.2 Å². The fourth-order valence-electron chi connectivity index (χ4n) is 5.29. The molecule has 0 bridgehead atoms. The molecule has 10 heteroatoms. The van der Waals surface area contributed by atoms with Crippen molar-refractivity contribution in [1.82, 2.24) is 19.7 Å². The number of imidazole rings is 1. The van der Waals surface area contributed by atoms with Crippen LogP contribution >= 0.6 is 0 Å². The molecule has 4 N–H and O–H groups in total. The first-order valence-electron chi connectivity index (χ1n) is 13.5. The maximum Gasteiger partial charge on any atom is 0.248 e. The summed E-state index contributed by atoms with van der Waals surface area (Å²) in [6.07, 6.45) is 13.5. The molecule has 214 valence electrons. The number of carbonyl (C=O) groups is 1. The van der Waals surface area contributed by atoms with Crippen LogP contribution in [0.4, 0.5) is 5.69 Å². The summed E-state index contributed by atoms with van der Waals surface area (Å²) in [7, 11) is 0. The lowest BCUT2D eigenvalue weighted by Gasteiger charge is -2.32. The standard InChI is InChI=1S/C30H39N5O5/c1-18(11-12-21-20(3)10-7-13-30(21,4)5)8-6-9-19(2)14-24(37)33-22-15-32-34-28-25(22)31-17-35(28)29-27(39)26(38)23(16-36)40-29/h6,8-9,11-12,14-15,17,23,26-27,29,36,38-39H,7,10,13,16H2,1-5H3,(H,33,34,37)/b9-6+,12-11+,18-8+,19-14+/t23-,26-,27+,29-/m1/s1. The van der Waals surface area contributed by atoms with E-state index >= 15 is 0 Å². The van der Waals surface area contributed by atoms with E-state index in [9.17, 15) is 20.1 Å². The number of hydrogen-bond acceptors (Lipinski definition) is 8. The van der Waals surface area contributed by atoms with Gasteiger partial charge in [0.15, 0.2) is 11.9 Å². The number of aliphatic hydroxyl groups is 3. The number of nitrogens with one attached hydrogen (secondary N) is 1. The maximum atomic E-state index is 12.7. The predicted octanol–water partition coefficient (Wildman–Crippen LogP) is 3.91. The largest absolute Gasteiger partial charge is 0.394 e. The molecule has 4 rings (SSSR count). The molecule has 1 saturated heterocycles. The van der Waals surface area contributed by atoms with Gasteiger partial charge in [-0.3, -0.25) is 9.36 Å². The van der Waals surface area contributed by atoms with Crippen molar-refractivity contribution in [3.05, 3.63) is 71.3 Å². The van der Waals surface area contributed by atoms with Gasteiger partial charge in [-0.1, -0.05) is 55.4 Å². The average Bonchev–Trinajstić information content (AvgIpc) is 3.44. The second-order valence-electron chi connectivity index (χ2n) is 11.2. The number of nitrogens with zero attached hydrogens (tertiary/aromatic N) is 4. The fraction of sp³-hybridized carbons (Fsp3) is 0.467. The Hall–Kier alpha value is -3.44. The lowest BCUT2D eigenvalue weighted by atomic mass is 9.72. The van der Waals surface area contributed by atoms with Gasteiger partial charge < -0.3 is 25.4 Å². The van der Waals surface area contributed by atoms with E-state index in [0.717, 1.165) is 17.6 Å². The molecule has 1 aliphatic carbocycles. The number of amides is 1. The van der Waals surface area contributed by atoms with E-state index in [2.05, 4.69) is 60.3 Å². The van der Waals surface area contributed by atoms with Gasteiger partial charge in [-0.2, -0.15) is 5.10 Å². The van der Waals surface area contributed by atoms with Gasteiger partial charge in [0.1, 0.15) is 23.8 Å². The van der Waals surface area contributed by atoms with Crippen molar-refractivity contribution in [3.8, 4) is 0 Å². The van der Waals surface area contributed by atoms with Gasteiger partial charge in [0, 0.05) is 6.08 Å². The number of rotatable bonds is 8. The highest BCUT2D eigenvalue weighted by atomic mass is 16.6. The number of carbonyl (C=O) groups excluding carboxylic acids is 1. The molecule has 0 unspecified atom stereocenters. The molecular weight excluding hydrogens is 510 g/mol. The molecule has 0 radical (unpaired) electrons. The highest BCUT2D eigenvalue weighted by molar-refractivity contribution is 6.04. The first-order valence-corrected chi connectivity index (χ1v) is 13.5. The van der Waals surface area contributed by atoms with Crippen LogP contribution in [0.15, 0.2) is 71.3 Å². The fourth-order valence-corrected chi connectivity index (χ4v) is 5.29. The van der Waals surface area contributed by atoms with E-state index < -0.39 is 31.1 Å². The Balaban J connectivity index is 1.41. The second kappa shape index (κ2) is 12.4. The minimum absolute atomic E-state index is 0.201. The van der Waals surface area contributed by atoms with Gasteiger partial charge in [-0.15, -0.1) is 5.10 Å². The summed E-state index contributed by atoms with van der Waals surface area (Å²) < 4.78 is 6.98. The number of ether oxygens (including phenoxy) is 1. The maximum absolute atomic E-state index is 12.7. The summed E-state index contributed by atoms with van der Waals surface area (Å²) in [6.45, 7) is 10.3. The number of allylic oxidation sites excluding steroid dienone is 9. The Morgan fingerprint density at radius 3 is 2.70 bits per heavy atom. The molecule has 1 aliphatic heterocycles. The van der Waals surface area contributed by atoms with Crippen LogP contribution in [0.5, 0.6) is 0 Å². The first kappa shape index (κ1) is 29.5. The smallest absolute Gasteiger partial charge is 0.248 e. The number of hydrogen-bond donors (Lipinski definition) is 4. The molecule has 1 amide bonds. The molecule has 1 fully saturated rings. The van der Waals surface area contributed by atoms with Crippen molar-refractivity contribution in [1.29, 1.82) is 0 Å². The number of anilines is 1. The molecule has 2 aromatic rings. The topological polar surface area (TPSA) is 143 Å². The minimum Gasteiger partial charge on any atom is -0.394 e. The van der Waals surface area contributed by atoms with Crippen molar-refractivity contribution < 1.29 is 24.9 Å². The quantitative estimate of drug-likeness (QED) is 0.287. The van der Waals surface area contributed by atoms with Gasteiger partial charge in [0.05, 0.1) is 24.8 Å². The Morgan fingerprint density at radius 1 is 1.23 bits per heavy atom. The predicted molar refractivity (Wildman–Crippen MR) is 153 cm³/mol. The van der Waals surface area contributed by atoms with Crippen LogP contribution in [0, 0.1) is 5.41 Å². The third kappa shape index (κ3) is 6.47. The summed E-state index contributed by atoms with van der Waals surface area (Å²) in [5.74, 6) is -0.360. The molecular formula is C30H39N5O5. The lowest BCUT2D eigenvalue weighted by molar-refractivity contribution is -0.111. The third-order valence-corrected chi connectivity index (χ3v) is 7.54. The lowest BCUT2D eigenvalue weighted by Crippen LogP contribution is -2.33. The number of aromatic nitrogens is 4. The third-order valence-electron chi connectivity index (χ3n) is 7.54. The van der Waals surface area contributed by atoms with Crippen LogP contribution in [0.25, 0.3) is 11.2 Å². The van der Waals surface area contributed by atoms with Crippen LogP contribution in [-0.4, -0.2) is 65.9 Å². The van der Waals surface area contributed by atoms with Crippen LogP contribution in [-0.2, 0) is 9.53 Å². The second-order valence-corrected chi connectivity index (χ2v) is 11.2. The van der Waals surface area contributed by atoms with Gasteiger partial charge in [-0.05, 0) is 56.6 Å². The zero-order valence-corrected chi connectivity index (χ0v) is 23.7. The normalized spacial score (nSPS) is 26.0. The van der Waals surface area contributed by atoms with Crippen molar-refractivity contribution in [2.75, 3.05) is 11.9 Å². The summed E-state index contributed by atoms with van der Waals surface area (Å²) in [5.41, 5.74) is 5.90. The van der Waals surface area contributed by atoms with Crippen LogP contribution in [0.3, 0.4) is 0 Å². The molecule has 40 heavy (non-hydrogen) atoms. The molecule has 10 nitrogen and oxygen atoms in total. The number of fused-ring (bicyclic) bond motifs is 1. The molecule has 2 aromatic heterocycles. The first-order chi connectivity index (χ1) is 19.0. The van der Waals surface area contributed by atoms with E-state index in [0.29, 0.717) is 11.2 Å². The minimum atomic E-state index is -1.29. The van der Waals surface area contributed by atoms with Crippen molar-refractivity contribution in [3.63, 3.8) is 0 Å². The highest BCUT2D eigenvalue weighted by Crippen LogP contribution is 2.40. The van der Waals surface area contributed by atoms with Gasteiger partial charge in [0.2, 0.25) is 5.91 Å².